The first-order valence-electron chi connectivity index (χ1n) is 6.60. The van der Waals surface area contributed by atoms with Gasteiger partial charge in [0.1, 0.15) is 0 Å². The van der Waals surface area contributed by atoms with E-state index < -0.39 is 0 Å². The molecule has 2 aromatic rings. The Hall–Kier alpha value is -2.07. The number of rotatable bonds is 5. The quantitative estimate of drug-likeness (QED) is 0.784. The van der Waals surface area contributed by atoms with Crippen molar-refractivity contribution in [2.45, 2.75) is 6.42 Å². The van der Waals surface area contributed by atoms with Gasteiger partial charge in [0.15, 0.2) is 0 Å². The molecule has 0 radical (unpaired) electrons. The number of methoxy groups -OCH3 is 1. The van der Waals surface area contributed by atoms with Crippen LogP contribution in [0.1, 0.15) is 15.9 Å². The molecule has 0 atom stereocenters. The number of likely N-dealkylation sites (N-methyl/N-ethyl adjacent to an activating group) is 1. The van der Waals surface area contributed by atoms with Gasteiger partial charge in [0.05, 0.1) is 12.7 Å². The van der Waals surface area contributed by atoms with E-state index in [1.165, 1.54) is 7.11 Å². The topological polar surface area (TPSA) is 34.5 Å². The van der Waals surface area contributed by atoms with Crippen molar-refractivity contribution < 1.29 is 9.53 Å². The van der Waals surface area contributed by atoms with Crippen molar-refractivity contribution in [3.8, 4) is 5.69 Å². The molecule has 0 aliphatic carbocycles. The number of ether oxygens (including phenoxy) is 1. The monoisotopic (exact) mass is 272 g/mol. The first-order chi connectivity index (χ1) is 9.60. The van der Waals surface area contributed by atoms with E-state index in [0.29, 0.717) is 5.56 Å². The lowest BCUT2D eigenvalue weighted by Gasteiger charge is -2.12. The van der Waals surface area contributed by atoms with Crippen LogP contribution in [0.2, 0.25) is 0 Å². The largest absolute Gasteiger partial charge is 0.465 e. The SMILES string of the molecule is COC(=O)c1cc(CCN(C)C)cc(-n2cccc2)c1. The summed E-state index contributed by atoms with van der Waals surface area (Å²) in [7, 11) is 5.48. The van der Waals surface area contributed by atoms with Crippen LogP contribution in [0.3, 0.4) is 0 Å². The summed E-state index contributed by atoms with van der Waals surface area (Å²) in [6, 6.07) is 9.79. The summed E-state index contributed by atoms with van der Waals surface area (Å²) < 4.78 is 6.82. The van der Waals surface area contributed by atoms with E-state index in [2.05, 4.69) is 11.0 Å². The Morgan fingerprint density at radius 3 is 2.50 bits per heavy atom. The van der Waals surface area contributed by atoms with Gasteiger partial charge in [-0.3, -0.25) is 0 Å². The van der Waals surface area contributed by atoms with Crippen LogP contribution in [-0.2, 0) is 11.2 Å². The highest BCUT2D eigenvalue weighted by atomic mass is 16.5. The third kappa shape index (κ3) is 3.48. The maximum Gasteiger partial charge on any atom is 0.337 e. The van der Waals surface area contributed by atoms with Gasteiger partial charge in [-0.2, -0.15) is 0 Å². The molecular formula is C16H20N2O2. The fourth-order valence-corrected chi connectivity index (χ4v) is 2.06. The summed E-state index contributed by atoms with van der Waals surface area (Å²) in [4.78, 5) is 13.9. The lowest BCUT2D eigenvalue weighted by molar-refractivity contribution is 0.0600. The van der Waals surface area contributed by atoms with E-state index in [1.807, 2.05) is 55.3 Å². The van der Waals surface area contributed by atoms with Gasteiger partial charge in [-0.1, -0.05) is 0 Å². The minimum Gasteiger partial charge on any atom is -0.465 e. The Morgan fingerprint density at radius 2 is 1.90 bits per heavy atom. The van der Waals surface area contributed by atoms with Crippen LogP contribution in [0.15, 0.2) is 42.7 Å². The second-order valence-electron chi connectivity index (χ2n) is 5.02. The van der Waals surface area contributed by atoms with E-state index in [4.69, 9.17) is 4.74 Å². The van der Waals surface area contributed by atoms with Crippen LogP contribution in [0, 0.1) is 0 Å². The number of carbonyl (C=O) groups excluding carboxylic acids is 1. The molecule has 0 spiro atoms. The van der Waals surface area contributed by atoms with Gasteiger partial charge in [0, 0.05) is 24.6 Å². The summed E-state index contributed by atoms with van der Waals surface area (Å²) >= 11 is 0. The van der Waals surface area contributed by atoms with Gasteiger partial charge in [-0.15, -0.1) is 0 Å². The van der Waals surface area contributed by atoms with Crippen molar-refractivity contribution in [1.82, 2.24) is 9.47 Å². The van der Waals surface area contributed by atoms with Crippen LogP contribution in [-0.4, -0.2) is 43.2 Å². The second kappa shape index (κ2) is 6.39. The van der Waals surface area contributed by atoms with Crippen molar-refractivity contribution in [3.63, 3.8) is 0 Å². The summed E-state index contributed by atoms with van der Waals surface area (Å²) in [6.07, 6.45) is 4.82. The van der Waals surface area contributed by atoms with Gasteiger partial charge in [0.25, 0.3) is 0 Å². The highest BCUT2D eigenvalue weighted by Gasteiger charge is 2.10. The van der Waals surface area contributed by atoms with E-state index in [0.717, 1.165) is 24.2 Å². The zero-order valence-electron chi connectivity index (χ0n) is 12.2. The van der Waals surface area contributed by atoms with Crippen molar-refractivity contribution >= 4 is 5.97 Å². The average molecular weight is 272 g/mol. The molecule has 2 rings (SSSR count). The van der Waals surface area contributed by atoms with Crippen LogP contribution < -0.4 is 0 Å². The second-order valence-corrected chi connectivity index (χ2v) is 5.02. The van der Waals surface area contributed by atoms with Crippen LogP contribution in [0.25, 0.3) is 5.69 Å². The Bertz CT molecular complexity index is 574. The van der Waals surface area contributed by atoms with Crippen LogP contribution in [0.4, 0.5) is 0 Å². The molecule has 4 nitrogen and oxygen atoms in total. The van der Waals surface area contributed by atoms with Crippen molar-refractivity contribution in [3.05, 3.63) is 53.9 Å². The molecule has 20 heavy (non-hydrogen) atoms. The molecule has 0 aliphatic heterocycles. The smallest absolute Gasteiger partial charge is 0.337 e. The van der Waals surface area contributed by atoms with Crippen molar-refractivity contribution in [2.24, 2.45) is 0 Å². The molecule has 1 aromatic heterocycles. The molecule has 0 fully saturated rings. The van der Waals surface area contributed by atoms with Gasteiger partial charge < -0.3 is 14.2 Å². The molecule has 0 unspecified atom stereocenters. The maximum absolute atomic E-state index is 11.8. The highest BCUT2D eigenvalue weighted by Crippen LogP contribution is 2.16. The number of esters is 1. The zero-order chi connectivity index (χ0) is 14.5. The number of carbonyl (C=O) groups is 1. The number of hydrogen-bond acceptors (Lipinski definition) is 3. The molecule has 0 aliphatic rings. The number of aromatic nitrogens is 1. The van der Waals surface area contributed by atoms with E-state index >= 15 is 0 Å². The fraction of sp³-hybridized carbons (Fsp3) is 0.312. The lowest BCUT2D eigenvalue weighted by atomic mass is 10.1. The summed E-state index contributed by atoms with van der Waals surface area (Å²) in [5, 5.41) is 0. The van der Waals surface area contributed by atoms with Gasteiger partial charge >= 0.3 is 5.97 Å². The molecule has 1 heterocycles. The van der Waals surface area contributed by atoms with E-state index in [9.17, 15) is 4.79 Å². The molecule has 4 heteroatoms. The molecule has 0 saturated heterocycles. The maximum atomic E-state index is 11.8. The Morgan fingerprint density at radius 1 is 1.20 bits per heavy atom. The van der Waals surface area contributed by atoms with E-state index in [-0.39, 0.29) is 5.97 Å². The molecule has 0 N–H and O–H groups in total. The minimum absolute atomic E-state index is 0.301. The van der Waals surface area contributed by atoms with E-state index in [1.54, 1.807) is 0 Å². The summed E-state index contributed by atoms with van der Waals surface area (Å²) in [5.41, 5.74) is 2.70. The number of hydrogen-bond donors (Lipinski definition) is 0. The van der Waals surface area contributed by atoms with Crippen LogP contribution in [0.5, 0.6) is 0 Å². The molecule has 1 aromatic carbocycles. The Kier molecular flexibility index (Phi) is 4.58. The fourth-order valence-electron chi connectivity index (χ4n) is 2.06. The zero-order valence-corrected chi connectivity index (χ0v) is 12.2. The molecular weight excluding hydrogens is 252 g/mol. The third-order valence-electron chi connectivity index (χ3n) is 3.15. The lowest BCUT2D eigenvalue weighted by Crippen LogP contribution is -2.15. The predicted octanol–water partition coefficient (Wildman–Crippen LogP) is 2.37. The minimum atomic E-state index is -0.301. The third-order valence-corrected chi connectivity index (χ3v) is 3.15. The number of nitrogens with zero attached hydrogens (tertiary/aromatic N) is 2. The first kappa shape index (κ1) is 14.3. The predicted molar refractivity (Wildman–Crippen MR) is 79.4 cm³/mol. The first-order valence-corrected chi connectivity index (χ1v) is 6.60. The Balaban J connectivity index is 2.36. The highest BCUT2D eigenvalue weighted by molar-refractivity contribution is 5.90. The molecule has 106 valence electrons. The normalized spacial score (nSPS) is 10.8. The average Bonchev–Trinajstić information content (AvgIpc) is 2.98. The molecule has 0 bridgehead atoms. The Labute approximate surface area is 119 Å². The molecule has 0 saturated carbocycles. The van der Waals surface area contributed by atoms with Gasteiger partial charge in [-0.05, 0) is 56.4 Å². The standard InChI is InChI=1S/C16H20N2O2/c1-17(2)9-6-13-10-14(16(19)20-3)12-15(11-13)18-7-4-5-8-18/h4-5,7-8,10-12H,6,9H2,1-3H3. The molecule has 0 amide bonds. The van der Waals surface area contributed by atoms with Crippen LogP contribution >= 0.6 is 0 Å². The van der Waals surface area contributed by atoms with Crippen molar-refractivity contribution in [1.29, 1.82) is 0 Å². The van der Waals surface area contributed by atoms with Crippen molar-refractivity contribution in [2.75, 3.05) is 27.7 Å². The van der Waals surface area contributed by atoms with Gasteiger partial charge in [-0.25, -0.2) is 4.79 Å². The number of benzene rings is 1. The van der Waals surface area contributed by atoms with Gasteiger partial charge in [0.2, 0.25) is 0 Å². The summed E-state index contributed by atoms with van der Waals surface area (Å²) in [6.45, 7) is 0.940. The summed E-state index contributed by atoms with van der Waals surface area (Å²) in [5.74, 6) is -0.301.